The summed E-state index contributed by atoms with van der Waals surface area (Å²) in [4.78, 5) is 10.8. The molecular weight excluding hydrogens is 168 g/mol. The topological polar surface area (TPSA) is 46.5 Å². The minimum Gasteiger partial charge on any atom is -0.464 e. The quantitative estimate of drug-likeness (QED) is 0.506. The number of rotatable bonds is 5. The summed E-state index contributed by atoms with van der Waals surface area (Å²) in [5, 5.41) is 8.99. The van der Waals surface area contributed by atoms with Crippen LogP contribution in [0.25, 0.3) is 0 Å². The summed E-state index contributed by atoms with van der Waals surface area (Å²) < 4.78 is 4.66. The van der Waals surface area contributed by atoms with Gasteiger partial charge in [-0.1, -0.05) is 6.92 Å². The van der Waals surface area contributed by atoms with Crippen molar-refractivity contribution >= 4 is 17.6 Å². The minimum absolute atomic E-state index is 0.254. The number of carbonyl (C=O) groups excluding carboxylic acids is 1. The summed E-state index contributed by atoms with van der Waals surface area (Å²) in [6.07, 6.45) is -0.0391. The van der Waals surface area contributed by atoms with Gasteiger partial charge in [0.1, 0.15) is 0 Å². The highest BCUT2D eigenvalue weighted by atomic mass is 35.5. The normalized spacial score (nSPS) is 12.6. The molecule has 0 rings (SSSR count). The predicted octanol–water partition coefficient (Wildman–Crippen LogP) is 0.929. The molecule has 0 saturated heterocycles. The predicted molar refractivity (Wildman–Crippen MR) is 42.6 cm³/mol. The van der Waals surface area contributed by atoms with Crippen LogP contribution >= 0.6 is 11.6 Å². The third-order valence-corrected chi connectivity index (χ3v) is 1.32. The van der Waals surface area contributed by atoms with E-state index in [4.69, 9.17) is 16.7 Å². The number of alkyl halides is 1. The third kappa shape index (κ3) is 5.04. The molecule has 0 radical (unpaired) electrons. The minimum atomic E-state index is -1.06. The molecule has 3 nitrogen and oxygen atoms in total. The summed E-state index contributed by atoms with van der Waals surface area (Å²) in [5.74, 6) is -0.310. The summed E-state index contributed by atoms with van der Waals surface area (Å²) in [6.45, 7) is 2.25. The van der Waals surface area contributed by atoms with E-state index in [0.29, 0.717) is 6.61 Å². The van der Waals surface area contributed by atoms with Gasteiger partial charge in [0, 0.05) is 5.88 Å². The van der Waals surface area contributed by atoms with Crippen LogP contribution < -0.4 is 0 Å². The fourth-order valence-corrected chi connectivity index (χ4v) is 0.727. The molecule has 11 heavy (non-hydrogen) atoms. The summed E-state index contributed by atoms with van der Waals surface area (Å²) >= 11 is 5.31. The van der Waals surface area contributed by atoms with Crippen LogP contribution in [0.4, 0.5) is 0 Å². The van der Waals surface area contributed by atoms with Gasteiger partial charge in [-0.05, 0) is 12.8 Å². The first-order chi connectivity index (χ1) is 5.22. The molecule has 0 amide bonds. The number of hydrogen-bond acceptors (Lipinski definition) is 3. The molecule has 1 N–H and O–H groups in total. The number of aliphatic hydroxyl groups is 1. The number of carbonyl (C=O) groups is 1. The van der Waals surface area contributed by atoms with Crippen molar-refractivity contribution in [2.24, 2.45) is 0 Å². The number of ether oxygens (including phenoxy) is 1. The fraction of sp³-hybridized carbons (Fsp3) is 0.857. The van der Waals surface area contributed by atoms with Gasteiger partial charge in [0.25, 0.3) is 0 Å². The van der Waals surface area contributed by atoms with E-state index in [1.165, 1.54) is 0 Å². The standard InChI is InChI=1S/C7H13ClO3/c1-2-5-11-7(10)6(9)3-4-8/h6,9H,2-5H2,1H3. The molecule has 66 valence electrons. The van der Waals surface area contributed by atoms with Gasteiger partial charge < -0.3 is 9.84 Å². The zero-order valence-corrected chi connectivity index (χ0v) is 7.30. The SMILES string of the molecule is CCCOC(=O)C(O)CCCl. The maximum atomic E-state index is 10.8. The summed E-state index contributed by atoms with van der Waals surface area (Å²) in [5.41, 5.74) is 0. The number of aliphatic hydroxyl groups excluding tert-OH is 1. The van der Waals surface area contributed by atoms with E-state index in [0.717, 1.165) is 6.42 Å². The van der Waals surface area contributed by atoms with E-state index in [1.54, 1.807) is 0 Å². The van der Waals surface area contributed by atoms with Crippen molar-refractivity contribution < 1.29 is 14.6 Å². The van der Waals surface area contributed by atoms with Crippen molar-refractivity contribution in [1.82, 2.24) is 0 Å². The average molecular weight is 181 g/mol. The Labute approximate surface area is 71.3 Å². The first kappa shape index (κ1) is 10.7. The Balaban J connectivity index is 3.47. The fourth-order valence-electron chi connectivity index (χ4n) is 0.520. The van der Waals surface area contributed by atoms with Gasteiger partial charge in [0.2, 0.25) is 0 Å². The Bertz CT molecular complexity index is 116. The van der Waals surface area contributed by atoms with Gasteiger partial charge in [0.15, 0.2) is 6.10 Å². The van der Waals surface area contributed by atoms with Gasteiger partial charge in [0.05, 0.1) is 6.61 Å². The maximum Gasteiger partial charge on any atom is 0.334 e. The molecule has 0 fully saturated rings. The van der Waals surface area contributed by atoms with Crippen LogP contribution in [0.3, 0.4) is 0 Å². The molecule has 0 spiro atoms. The van der Waals surface area contributed by atoms with E-state index in [9.17, 15) is 4.79 Å². The molecule has 0 saturated carbocycles. The number of hydrogen-bond donors (Lipinski definition) is 1. The molecule has 0 aliphatic carbocycles. The molecule has 0 aliphatic heterocycles. The van der Waals surface area contributed by atoms with E-state index < -0.39 is 12.1 Å². The van der Waals surface area contributed by atoms with E-state index in [1.807, 2.05) is 6.92 Å². The van der Waals surface area contributed by atoms with E-state index in [2.05, 4.69) is 4.74 Å². The van der Waals surface area contributed by atoms with Gasteiger partial charge in [-0.15, -0.1) is 11.6 Å². The smallest absolute Gasteiger partial charge is 0.334 e. The lowest BCUT2D eigenvalue weighted by atomic mass is 10.3. The Hall–Kier alpha value is -0.280. The first-order valence-corrected chi connectivity index (χ1v) is 4.16. The van der Waals surface area contributed by atoms with E-state index in [-0.39, 0.29) is 12.3 Å². The van der Waals surface area contributed by atoms with Crippen molar-refractivity contribution in [2.45, 2.75) is 25.9 Å². The summed E-state index contributed by atoms with van der Waals surface area (Å²) in [7, 11) is 0. The van der Waals surface area contributed by atoms with Gasteiger partial charge in [-0.3, -0.25) is 0 Å². The lowest BCUT2D eigenvalue weighted by Crippen LogP contribution is -2.23. The van der Waals surface area contributed by atoms with Crippen molar-refractivity contribution in [1.29, 1.82) is 0 Å². The van der Waals surface area contributed by atoms with Crippen LogP contribution in [0, 0.1) is 0 Å². The molecule has 0 heterocycles. The Morgan fingerprint density at radius 3 is 2.82 bits per heavy atom. The molecule has 0 aromatic carbocycles. The Morgan fingerprint density at radius 1 is 1.73 bits per heavy atom. The highest BCUT2D eigenvalue weighted by Crippen LogP contribution is 1.97. The van der Waals surface area contributed by atoms with Crippen LogP contribution in [0.2, 0.25) is 0 Å². The van der Waals surface area contributed by atoms with E-state index >= 15 is 0 Å². The number of halogens is 1. The molecule has 0 aliphatic rings. The Kier molecular flexibility index (Phi) is 6.27. The van der Waals surface area contributed by atoms with Gasteiger partial charge in [-0.25, -0.2) is 4.79 Å². The second kappa shape index (κ2) is 6.43. The second-order valence-corrected chi connectivity index (χ2v) is 2.54. The van der Waals surface area contributed by atoms with Gasteiger partial charge >= 0.3 is 5.97 Å². The molecule has 0 bridgehead atoms. The highest BCUT2D eigenvalue weighted by Gasteiger charge is 2.14. The first-order valence-electron chi connectivity index (χ1n) is 3.63. The van der Waals surface area contributed by atoms with Crippen LogP contribution in [0.5, 0.6) is 0 Å². The Morgan fingerprint density at radius 2 is 2.36 bits per heavy atom. The summed E-state index contributed by atoms with van der Waals surface area (Å²) in [6, 6.07) is 0. The maximum absolute atomic E-state index is 10.8. The number of esters is 1. The monoisotopic (exact) mass is 180 g/mol. The highest BCUT2D eigenvalue weighted by molar-refractivity contribution is 6.18. The lowest BCUT2D eigenvalue weighted by molar-refractivity contribution is -0.153. The molecule has 1 unspecified atom stereocenters. The average Bonchev–Trinajstić information content (AvgIpc) is 2.00. The van der Waals surface area contributed by atoms with Gasteiger partial charge in [-0.2, -0.15) is 0 Å². The largest absolute Gasteiger partial charge is 0.464 e. The van der Waals surface area contributed by atoms with Crippen LogP contribution in [-0.2, 0) is 9.53 Å². The molecule has 0 aromatic heterocycles. The lowest BCUT2D eigenvalue weighted by Gasteiger charge is -2.07. The van der Waals surface area contributed by atoms with Crippen LogP contribution in [0.15, 0.2) is 0 Å². The third-order valence-electron chi connectivity index (χ3n) is 1.10. The second-order valence-electron chi connectivity index (χ2n) is 2.16. The van der Waals surface area contributed by atoms with Crippen molar-refractivity contribution in [2.75, 3.05) is 12.5 Å². The zero-order chi connectivity index (χ0) is 8.69. The van der Waals surface area contributed by atoms with Crippen LogP contribution in [0.1, 0.15) is 19.8 Å². The van der Waals surface area contributed by atoms with Crippen molar-refractivity contribution in [3.05, 3.63) is 0 Å². The van der Waals surface area contributed by atoms with Crippen LogP contribution in [-0.4, -0.2) is 29.7 Å². The molecule has 0 aromatic rings. The zero-order valence-electron chi connectivity index (χ0n) is 6.55. The molecule has 1 atom stereocenters. The van der Waals surface area contributed by atoms with Crippen molar-refractivity contribution in [3.8, 4) is 0 Å². The molecule has 4 heteroatoms. The molecular formula is C7H13ClO3. The van der Waals surface area contributed by atoms with Crippen molar-refractivity contribution in [3.63, 3.8) is 0 Å².